The summed E-state index contributed by atoms with van der Waals surface area (Å²) in [5.74, 6) is 2.71. The van der Waals surface area contributed by atoms with E-state index >= 15 is 0 Å². The minimum absolute atomic E-state index is 0.117. The van der Waals surface area contributed by atoms with Crippen LogP contribution in [0.25, 0.3) is 16.7 Å². The first kappa shape index (κ1) is 17.0. The lowest BCUT2D eigenvalue weighted by molar-refractivity contribution is -0.141. The molecule has 0 radical (unpaired) electrons. The van der Waals surface area contributed by atoms with E-state index in [4.69, 9.17) is 6.42 Å². The van der Waals surface area contributed by atoms with E-state index < -0.39 is 23.1 Å². The van der Waals surface area contributed by atoms with Gasteiger partial charge in [0.15, 0.2) is 5.65 Å². The van der Waals surface area contributed by atoms with Crippen molar-refractivity contribution >= 4 is 16.9 Å². The first-order valence-electron chi connectivity index (χ1n) is 8.00. The average Bonchev–Trinajstić information content (AvgIpc) is 3.41. The third kappa shape index (κ3) is 2.99. The molecule has 6 nitrogen and oxygen atoms in total. The zero-order valence-corrected chi connectivity index (χ0v) is 13.8. The quantitative estimate of drug-likeness (QED) is 0.717. The van der Waals surface area contributed by atoms with E-state index in [-0.39, 0.29) is 22.5 Å². The SMILES string of the molecule is C#CC1(Nc2nc(=O)n(-c3cccnc3)c3nc(C(F)(F)F)ccc23)CC1. The normalized spacial score (nSPS) is 15.3. The van der Waals surface area contributed by atoms with Crippen molar-refractivity contribution in [1.82, 2.24) is 19.5 Å². The Labute approximate surface area is 151 Å². The number of anilines is 1. The van der Waals surface area contributed by atoms with Crippen molar-refractivity contribution in [3.63, 3.8) is 0 Å². The molecular formula is C18H12F3N5O. The van der Waals surface area contributed by atoms with Gasteiger partial charge in [-0.05, 0) is 37.1 Å². The Morgan fingerprint density at radius 3 is 2.59 bits per heavy atom. The Morgan fingerprint density at radius 2 is 2.00 bits per heavy atom. The van der Waals surface area contributed by atoms with Gasteiger partial charge in [-0.25, -0.2) is 14.3 Å². The zero-order valence-electron chi connectivity index (χ0n) is 13.8. The summed E-state index contributed by atoms with van der Waals surface area (Å²) in [6.07, 6.45) is 5.06. The molecule has 1 fully saturated rings. The fourth-order valence-corrected chi connectivity index (χ4v) is 2.73. The third-order valence-corrected chi connectivity index (χ3v) is 4.32. The first-order valence-corrected chi connectivity index (χ1v) is 8.00. The van der Waals surface area contributed by atoms with Crippen LogP contribution in [0.1, 0.15) is 18.5 Å². The average molecular weight is 371 g/mol. The summed E-state index contributed by atoms with van der Waals surface area (Å²) in [4.78, 5) is 24.2. The highest BCUT2D eigenvalue weighted by Gasteiger charge is 2.42. The molecule has 1 aliphatic rings. The number of aromatic nitrogens is 4. The highest BCUT2D eigenvalue weighted by molar-refractivity contribution is 5.88. The van der Waals surface area contributed by atoms with E-state index in [1.54, 1.807) is 6.07 Å². The Kier molecular flexibility index (Phi) is 3.66. The fraction of sp³-hybridized carbons (Fsp3) is 0.222. The van der Waals surface area contributed by atoms with Gasteiger partial charge in [0.1, 0.15) is 11.5 Å². The van der Waals surface area contributed by atoms with Crippen molar-refractivity contribution in [2.75, 3.05) is 5.32 Å². The number of alkyl halides is 3. The predicted molar refractivity (Wildman–Crippen MR) is 92.4 cm³/mol. The second kappa shape index (κ2) is 5.81. The van der Waals surface area contributed by atoms with Crippen LogP contribution in [0.15, 0.2) is 41.5 Å². The molecule has 0 bridgehead atoms. The minimum atomic E-state index is -4.66. The predicted octanol–water partition coefficient (Wildman–Crippen LogP) is 2.77. The number of hydrogen-bond donors (Lipinski definition) is 1. The van der Waals surface area contributed by atoms with Gasteiger partial charge in [-0.3, -0.25) is 4.98 Å². The van der Waals surface area contributed by atoms with Gasteiger partial charge in [0.05, 0.1) is 22.8 Å². The lowest BCUT2D eigenvalue weighted by atomic mass is 10.2. The van der Waals surface area contributed by atoms with Crippen LogP contribution in [0, 0.1) is 12.3 Å². The number of rotatable bonds is 3. The number of halogens is 3. The molecule has 3 aromatic heterocycles. The lowest BCUT2D eigenvalue weighted by Crippen LogP contribution is -2.28. The van der Waals surface area contributed by atoms with Crippen LogP contribution in [0.3, 0.4) is 0 Å². The summed E-state index contributed by atoms with van der Waals surface area (Å²) >= 11 is 0. The van der Waals surface area contributed by atoms with Crippen LogP contribution in [-0.2, 0) is 6.18 Å². The molecule has 1 N–H and O–H groups in total. The molecule has 1 saturated carbocycles. The summed E-state index contributed by atoms with van der Waals surface area (Å²) in [7, 11) is 0. The van der Waals surface area contributed by atoms with Crippen LogP contribution < -0.4 is 11.0 Å². The smallest absolute Gasteiger partial charge is 0.353 e. The van der Waals surface area contributed by atoms with Crippen LogP contribution in [0.5, 0.6) is 0 Å². The van der Waals surface area contributed by atoms with Crippen LogP contribution in [0.4, 0.5) is 19.0 Å². The maximum Gasteiger partial charge on any atom is 0.433 e. The second-order valence-electron chi connectivity index (χ2n) is 6.21. The Bertz CT molecular complexity index is 1130. The van der Waals surface area contributed by atoms with Gasteiger partial charge < -0.3 is 5.32 Å². The molecule has 4 rings (SSSR count). The summed E-state index contributed by atoms with van der Waals surface area (Å²) in [5, 5.41) is 3.26. The molecule has 0 atom stereocenters. The molecule has 0 amide bonds. The van der Waals surface area contributed by atoms with Gasteiger partial charge >= 0.3 is 11.9 Å². The van der Waals surface area contributed by atoms with Crippen molar-refractivity contribution in [2.24, 2.45) is 0 Å². The van der Waals surface area contributed by atoms with E-state index in [0.29, 0.717) is 12.8 Å². The molecule has 0 aliphatic heterocycles. The molecule has 3 heterocycles. The molecule has 1 aliphatic carbocycles. The molecular weight excluding hydrogens is 359 g/mol. The van der Waals surface area contributed by atoms with E-state index in [1.807, 2.05) is 0 Å². The number of pyridine rings is 2. The standard InChI is InChI=1S/C18H12F3N5O/c1-2-17(7-8-17)25-14-12-5-6-13(18(19,20)21)23-15(12)26(16(27)24-14)11-4-3-9-22-10-11/h1,3-6,9-10H,7-8H2,(H,24,25,27). The summed E-state index contributed by atoms with van der Waals surface area (Å²) in [6.45, 7) is 0. The molecule has 0 saturated heterocycles. The van der Waals surface area contributed by atoms with Crippen LogP contribution in [0.2, 0.25) is 0 Å². The Morgan fingerprint density at radius 1 is 1.22 bits per heavy atom. The van der Waals surface area contributed by atoms with Gasteiger partial charge in [-0.2, -0.15) is 18.2 Å². The molecule has 136 valence electrons. The molecule has 0 spiro atoms. The van der Waals surface area contributed by atoms with E-state index in [1.165, 1.54) is 24.5 Å². The summed E-state index contributed by atoms with van der Waals surface area (Å²) in [6, 6.07) is 5.18. The number of hydrogen-bond acceptors (Lipinski definition) is 5. The molecule has 9 heteroatoms. The highest BCUT2D eigenvalue weighted by Crippen LogP contribution is 2.39. The maximum absolute atomic E-state index is 13.2. The topological polar surface area (TPSA) is 72.7 Å². The molecule has 0 aromatic carbocycles. The van der Waals surface area contributed by atoms with E-state index in [0.717, 1.165) is 10.6 Å². The summed E-state index contributed by atoms with van der Waals surface area (Å²) in [5.41, 5.74) is -2.43. The number of fused-ring (bicyclic) bond motifs is 1. The van der Waals surface area contributed by atoms with Gasteiger partial charge in [0.25, 0.3) is 0 Å². The van der Waals surface area contributed by atoms with Gasteiger partial charge in [-0.15, -0.1) is 6.42 Å². The van der Waals surface area contributed by atoms with Crippen molar-refractivity contribution in [3.05, 3.63) is 52.8 Å². The molecule has 0 unspecified atom stereocenters. The van der Waals surface area contributed by atoms with E-state index in [9.17, 15) is 18.0 Å². The van der Waals surface area contributed by atoms with Gasteiger partial charge in [-0.1, -0.05) is 5.92 Å². The van der Waals surface area contributed by atoms with Crippen molar-refractivity contribution in [1.29, 1.82) is 0 Å². The van der Waals surface area contributed by atoms with Crippen LogP contribution in [-0.4, -0.2) is 25.1 Å². The van der Waals surface area contributed by atoms with Crippen molar-refractivity contribution in [2.45, 2.75) is 24.6 Å². The third-order valence-electron chi connectivity index (χ3n) is 4.32. The van der Waals surface area contributed by atoms with E-state index in [2.05, 4.69) is 26.2 Å². The summed E-state index contributed by atoms with van der Waals surface area (Å²) < 4.78 is 40.5. The number of nitrogens with zero attached hydrogens (tertiary/aromatic N) is 4. The molecule has 3 aromatic rings. The maximum atomic E-state index is 13.2. The minimum Gasteiger partial charge on any atom is -0.353 e. The Hall–Kier alpha value is -3.41. The van der Waals surface area contributed by atoms with Crippen LogP contribution >= 0.6 is 0 Å². The number of nitrogens with one attached hydrogen (secondary N) is 1. The molecule has 27 heavy (non-hydrogen) atoms. The largest absolute Gasteiger partial charge is 0.433 e. The zero-order chi connectivity index (χ0) is 19.2. The second-order valence-corrected chi connectivity index (χ2v) is 6.21. The first-order chi connectivity index (χ1) is 12.8. The number of terminal acetylenes is 1. The highest BCUT2D eigenvalue weighted by atomic mass is 19.4. The van der Waals surface area contributed by atoms with Crippen molar-refractivity contribution < 1.29 is 13.2 Å². The van der Waals surface area contributed by atoms with Gasteiger partial charge in [0, 0.05) is 6.20 Å². The fourth-order valence-electron chi connectivity index (χ4n) is 2.73. The van der Waals surface area contributed by atoms with Gasteiger partial charge in [0.2, 0.25) is 0 Å². The monoisotopic (exact) mass is 371 g/mol. The lowest BCUT2D eigenvalue weighted by Gasteiger charge is -2.17. The Balaban J connectivity index is 2.01. The van der Waals surface area contributed by atoms with Crippen molar-refractivity contribution in [3.8, 4) is 18.0 Å².